The topological polar surface area (TPSA) is 38.3 Å². The zero-order valence-electron chi connectivity index (χ0n) is 12.8. The standard InChI is InChI=1S/C16H20Cl2FNO2/c1-15(2,3)13(20-14(21)10-8-16(10,17)18)9-22-12-7-5-4-6-11(12)19/h4-7,10,13H,8-9H2,1-3H3,(H,20,21). The number of carbonyl (C=O) groups excluding carboxylic acids is 1. The van der Waals surface area contributed by atoms with Gasteiger partial charge >= 0.3 is 0 Å². The van der Waals surface area contributed by atoms with Gasteiger partial charge in [0.25, 0.3) is 0 Å². The Morgan fingerprint density at radius 3 is 2.55 bits per heavy atom. The molecule has 3 nitrogen and oxygen atoms in total. The molecule has 1 aliphatic rings. The molecule has 1 aliphatic carbocycles. The number of ether oxygens (including phenoxy) is 1. The van der Waals surface area contributed by atoms with Crippen molar-refractivity contribution in [3.05, 3.63) is 30.1 Å². The van der Waals surface area contributed by atoms with Crippen molar-refractivity contribution in [2.24, 2.45) is 11.3 Å². The van der Waals surface area contributed by atoms with Crippen LogP contribution in [0.1, 0.15) is 27.2 Å². The van der Waals surface area contributed by atoms with Gasteiger partial charge in [-0.1, -0.05) is 32.9 Å². The molecule has 122 valence electrons. The molecule has 0 spiro atoms. The van der Waals surface area contributed by atoms with Crippen molar-refractivity contribution in [1.82, 2.24) is 5.32 Å². The quantitative estimate of drug-likeness (QED) is 0.819. The maximum atomic E-state index is 13.6. The molecular weight excluding hydrogens is 328 g/mol. The summed E-state index contributed by atoms with van der Waals surface area (Å²) in [6.07, 6.45) is 0.451. The summed E-state index contributed by atoms with van der Waals surface area (Å²) in [7, 11) is 0. The van der Waals surface area contributed by atoms with Crippen LogP contribution >= 0.6 is 23.2 Å². The minimum Gasteiger partial charge on any atom is -0.488 e. The van der Waals surface area contributed by atoms with Crippen molar-refractivity contribution in [2.45, 2.75) is 37.6 Å². The normalized spacial score (nSPS) is 21.1. The first kappa shape index (κ1) is 17.4. The van der Waals surface area contributed by atoms with Gasteiger partial charge in [0.05, 0.1) is 12.0 Å². The van der Waals surface area contributed by atoms with E-state index >= 15 is 0 Å². The van der Waals surface area contributed by atoms with Crippen LogP contribution in [0.3, 0.4) is 0 Å². The van der Waals surface area contributed by atoms with Gasteiger partial charge in [-0.2, -0.15) is 0 Å². The fraction of sp³-hybridized carbons (Fsp3) is 0.562. The van der Waals surface area contributed by atoms with Gasteiger partial charge in [-0.3, -0.25) is 4.79 Å². The van der Waals surface area contributed by atoms with E-state index < -0.39 is 16.1 Å². The SMILES string of the molecule is CC(C)(C)C(COc1ccccc1F)NC(=O)C1CC1(Cl)Cl. The Kier molecular flexibility index (Phi) is 4.93. The maximum absolute atomic E-state index is 13.6. The minimum atomic E-state index is -0.959. The first-order valence-electron chi connectivity index (χ1n) is 7.17. The highest BCUT2D eigenvalue weighted by Crippen LogP contribution is 2.53. The highest BCUT2D eigenvalue weighted by atomic mass is 35.5. The highest BCUT2D eigenvalue weighted by molar-refractivity contribution is 6.52. The second kappa shape index (κ2) is 6.25. The summed E-state index contributed by atoms with van der Waals surface area (Å²) in [6.45, 7) is 6.10. The molecule has 1 fully saturated rings. The molecule has 1 amide bonds. The number of alkyl halides is 2. The van der Waals surface area contributed by atoms with Crippen LogP contribution in [0.15, 0.2) is 24.3 Å². The largest absolute Gasteiger partial charge is 0.488 e. The van der Waals surface area contributed by atoms with Crippen LogP contribution in [-0.4, -0.2) is 22.9 Å². The van der Waals surface area contributed by atoms with E-state index in [0.717, 1.165) is 0 Å². The Balaban J connectivity index is 1.99. The lowest BCUT2D eigenvalue weighted by Crippen LogP contribution is -2.48. The summed E-state index contributed by atoms with van der Waals surface area (Å²) in [6, 6.07) is 5.89. The van der Waals surface area contributed by atoms with Gasteiger partial charge in [0.2, 0.25) is 5.91 Å². The molecule has 22 heavy (non-hydrogen) atoms. The van der Waals surface area contributed by atoms with Crippen molar-refractivity contribution < 1.29 is 13.9 Å². The van der Waals surface area contributed by atoms with Crippen molar-refractivity contribution in [1.29, 1.82) is 0 Å². The Hall–Kier alpha value is -1.000. The number of rotatable bonds is 5. The third kappa shape index (κ3) is 4.26. The van der Waals surface area contributed by atoms with Gasteiger partial charge in [-0.25, -0.2) is 4.39 Å². The minimum absolute atomic E-state index is 0.167. The smallest absolute Gasteiger partial charge is 0.226 e. The number of benzene rings is 1. The molecule has 2 atom stereocenters. The summed E-state index contributed by atoms with van der Waals surface area (Å²) < 4.78 is 18.2. The molecule has 2 unspecified atom stereocenters. The van der Waals surface area contributed by atoms with E-state index in [1.165, 1.54) is 6.07 Å². The molecule has 0 bridgehead atoms. The Bertz CT molecular complexity index is 557. The summed E-state index contributed by atoms with van der Waals surface area (Å²) in [4.78, 5) is 12.1. The van der Waals surface area contributed by atoms with E-state index in [1.54, 1.807) is 18.2 Å². The lowest BCUT2D eigenvalue weighted by Gasteiger charge is -2.31. The van der Waals surface area contributed by atoms with E-state index in [2.05, 4.69) is 5.32 Å². The molecule has 0 saturated heterocycles. The van der Waals surface area contributed by atoms with Crippen molar-refractivity contribution >= 4 is 29.1 Å². The highest BCUT2D eigenvalue weighted by Gasteiger charge is 2.56. The number of nitrogens with one attached hydrogen (secondary N) is 1. The fourth-order valence-electron chi connectivity index (χ4n) is 2.01. The van der Waals surface area contributed by atoms with E-state index in [9.17, 15) is 9.18 Å². The second-order valence-corrected chi connectivity index (χ2v) is 8.23. The monoisotopic (exact) mass is 347 g/mol. The second-order valence-electron chi connectivity index (χ2n) is 6.69. The number of amides is 1. The third-order valence-corrected chi connectivity index (χ3v) is 4.58. The first-order valence-corrected chi connectivity index (χ1v) is 7.92. The fourth-order valence-corrected chi connectivity index (χ4v) is 2.52. The van der Waals surface area contributed by atoms with Crippen LogP contribution in [0, 0.1) is 17.2 Å². The van der Waals surface area contributed by atoms with Gasteiger partial charge in [-0.15, -0.1) is 23.2 Å². The van der Waals surface area contributed by atoms with Gasteiger partial charge in [0, 0.05) is 0 Å². The summed E-state index contributed by atoms with van der Waals surface area (Å²) >= 11 is 11.8. The average Bonchev–Trinajstić information content (AvgIpc) is 3.04. The Morgan fingerprint density at radius 2 is 2.05 bits per heavy atom. The summed E-state index contributed by atoms with van der Waals surface area (Å²) in [5, 5.41) is 2.91. The number of carbonyl (C=O) groups is 1. The first-order chi connectivity index (χ1) is 10.1. The van der Waals surface area contributed by atoms with Crippen LogP contribution in [0.5, 0.6) is 5.75 Å². The Morgan fingerprint density at radius 1 is 1.45 bits per heavy atom. The van der Waals surface area contributed by atoms with Crippen LogP contribution in [-0.2, 0) is 4.79 Å². The number of halogens is 3. The van der Waals surface area contributed by atoms with Gasteiger partial charge in [0.1, 0.15) is 10.9 Å². The zero-order chi connectivity index (χ0) is 16.5. The van der Waals surface area contributed by atoms with Crippen LogP contribution in [0.25, 0.3) is 0 Å². The molecule has 2 rings (SSSR count). The van der Waals surface area contributed by atoms with Crippen molar-refractivity contribution in [3.63, 3.8) is 0 Å². The Labute approximate surface area is 140 Å². The van der Waals surface area contributed by atoms with Gasteiger partial charge < -0.3 is 10.1 Å². The van der Waals surface area contributed by atoms with E-state index in [-0.39, 0.29) is 29.7 Å². The van der Waals surface area contributed by atoms with Crippen LogP contribution < -0.4 is 10.1 Å². The predicted octanol–water partition coefficient (Wildman–Crippen LogP) is 3.93. The number of hydrogen-bond acceptors (Lipinski definition) is 2. The maximum Gasteiger partial charge on any atom is 0.226 e. The molecule has 1 N–H and O–H groups in total. The lowest BCUT2D eigenvalue weighted by atomic mass is 9.87. The zero-order valence-corrected chi connectivity index (χ0v) is 14.3. The molecular formula is C16H20Cl2FNO2. The lowest BCUT2D eigenvalue weighted by molar-refractivity contribution is -0.124. The number of hydrogen-bond donors (Lipinski definition) is 1. The summed E-state index contributed by atoms with van der Waals surface area (Å²) in [5.41, 5.74) is -0.253. The van der Waals surface area contributed by atoms with Crippen LogP contribution in [0.4, 0.5) is 4.39 Å². The predicted molar refractivity (Wildman–Crippen MR) is 85.8 cm³/mol. The molecule has 1 aromatic carbocycles. The molecule has 0 radical (unpaired) electrons. The molecule has 0 heterocycles. The van der Waals surface area contributed by atoms with Crippen LogP contribution in [0.2, 0.25) is 0 Å². The third-order valence-electron chi connectivity index (χ3n) is 3.75. The average molecular weight is 348 g/mol. The van der Waals surface area contributed by atoms with E-state index in [0.29, 0.717) is 6.42 Å². The van der Waals surface area contributed by atoms with Gasteiger partial charge in [0.15, 0.2) is 11.6 Å². The molecule has 1 saturated carbocycles. The molecule has 6 heteroatoms. The molecule has 0 aliphatic heterocycles. The summed E-state index contributed by atoms with van der Waals surface area (Å²) in [5.74, 6) is -0.845. The van der Waals surface area contributed by atoms with Crippen molar-refractivity contribution in [2.75, 3.05) is 6.61 Å². The van der Waals surface area contributed by atoms with Gasteiger partial charge in [-0.05, 0) is 24.0 Å². The number of para-hydroxylation sites is 1. The van der Waals surface area contributed by atoms with E-state index in [4.69, 9.17) is 27.9 Å². The van der Waals surface area contributed by atoms with E-state index in [1.807, 2.05) is 20.8 Å². The molecule has 1 aromatic rings. The van der Waals surface area contributed by atoms with Crippen molar-refractivity contribution in [3.8, 4) is 5.75 Å². The molecule has 0 aromatic heterocycles.